The van der Waals surface area contributed by atoms with Gasteiger partial charge in [0.2, 0.25) is 5.56 Å². The molecule has 0 radical (unpaired) electrons. The van der Waals surface area contributed by atoms with Crippen LogP contribution in [-0.2, 0) is 9.53 Å². The van der Waals surface area contributed by atoms with E-state index in [0.717, 1.165) is 12.8 Å². The first-order valence-electron chi connectivity index (χ1n) is 9.04. The lowest BCUT2D eigenvalue weighted by atomic mass is 9.78. The van der Waals surface area contributed by atoms with Gasteiger partial charge in [-0.05, 0) is 24.3 Å². The summed E-state index contributed by atoms with van der Waals surface area (Å²) in [6, 6.07) is 8.31. The Labute approximate surface area is 151 Å². The van der Waals surface area contributed by atoms with Gasteiger partial charge in [-0.15, -0.1) is 0 Å². The van der Waals surface area contributed by atoms with E-state index in [4.69, 9.17) is 4.74 Å². The molecule has 2 N–H and O–H groups in total. The van der Waals surface area contributed by atoms with Crippen LogP contribution < -0.4 is 10.9 Å². The zero-order valence-corrected chi connectivity index (χ0v) is 15.1. The van der Waals surface area contributed by atoms with Gasteiger partial charge in [-0.25, -0.2) is 4.79 Å². The third-order valence-electron chi connectivity index (χ3n) is 5.36. The lowest BCUT2D eigenvalue weighted by Crippen LogP contribution is -2.45. The highest BCUT2D eigenvalue weighted by atomic mass is 16.5. The molecule has 0 aliphatic heterocycles. The van der Waals surface area contributed by atoms with Gasteiger partial charge >= 0.3 is 5.97 Å². The van der Waals surface area contributed by atoms with Crippen LogP contribution >= 0.6 is 0 Å². The number of fused-ring (bicyclic) bond motifs is 1. The summed E-state index contributed by atoms with van der Waals surface area (Å²) in [5.41, 5.74) is 0.336. The lowest BCUT2D eigenvalue weighted by molar-refractivity contribution is -0.125. The maximum atomic E-state index is 12.4. The number of ether oxygens (including phenoxy) is 1. The lowest BCUT2D eigenvalue weighted by Gasteiger charge is -2.34. The summed E-state index contributed by atoms with van der Waals surface area (Å²) in [6.45, 7) is 3.99. The van der Waals surface area contributed by atoms with Crippen molar-refractivity contribution in [2.24, 2.45) is 11.8 Å². The number of carbonyl (C=O) groups excluding carboxylic acids is 2. The van der Waals surface area contributed by atoms with Crippen LogP contribution in [0, 0.1) is 11.8 Å². The number of amides is 1. The molecule has 1 amide bonds. The molecule has 1 heterocycles. The van der Waals surface area contributed by atoms with Crippen molar-refractivity contribution in [3.8, 4) is 0 Å². The predicted molar refractivity (Wildman–Crippen MR) is 99.0 cm³/mol. The number of rotatable bonds is 4. The summed E-state index contributed by atoms with van der Waals surface area (Å²) < 4.78 is 5.15. The zero-order chi connectivity index (χ0) is 18.7. The summed E-state index contributed by atoms with van der Waals surface area (Å²) in [6.07, 6.45) is 3.22. The maximum Gasteiger partial charge on any atom is 0.339 e. The molecular weight excluding hydrogens is 332 g/mol. The van der Waals surface area contributed by atoms with E-state index in [1.54, 1.807) is 24.3 Å². The number of para-hydroxylation sites is 1. The van der Waals surface area contributed by atoms with Crippen LogP contribution in [0.25, 0.3) is 10.9 Å². The van der Waals surface area contributed by atoms with Gasteiger partial charge in [0.1, 0.15) is 0 Å². The van der Waals surface area contributed by atoms with Crippen LogP contribution in [0.5, 0.6) is 0 Å². The molecule has 0 spiro atoms. The Morgan fingerprint density at radius 3 is 2.81 bits per heavy atom. The molecule has 6 heteroatoms. The van der Waals surface area contributed by atoms with Gasteiger partial charge in [0.25, 0.3) is 5.91 Å². The maximum absolute atomic E-state index is 12.4. The second kappa shape index (κ2) is 7.72. The highest BCUT2D eigenvalue weighted by Gasteiger charge is 2.28. The van der Waals surface area contributed by atoms with Crippen LogP contribution in [-0.4, -0.2) is 29.5 Å². The molecule has 2 aromatic rings. The zero-order valence-electron chi connectivity index (χ0n) is 15.1. The quantitative estimate of drug-likeness (QED) is 0.824. The van der Waals surface area contributed by atoms with Crippen molar-refractivity contribution in [2.75, 3.05) is 6.61 Å². The van der Waals surface area contributed by atoms with Crippen molar-refractivity contribution in [2.45, 2.75) is 39.2 Å². The average molecular weight is 356 g/mol. The van der Waals surface area contributed by atoms with E-state index >= 15 is 0 Å². The highest BCUT2D eigenvalue weighted by molar-refractivity contribution is 6.03. The van der Waals surface area contributed by atoms with Gasteiger partial charge in [0.05, 0.1) is 5.56 Å². The van der Waals surface area contributed by atoms with E-state index in [0.29, 0.717) is 22.7 Å². The SMILES string of the molecule is C[C@@H]1[C@H](C)CCC[C@H]1NC(=O)COC(=O)c1cc(=O)[nH]c2ccccc12. The number of nitrogens with one attached hydrogen (secondary N) is 2. The normalized spacial score (nSPS) is 22.8. The first-order valence-corrected chi connectivity index (χ1v) is 9.04. The fourth-order valence-electron chi connectivity index (χ4n) is 3.62. The van der Waals surface area contributed by atoms with Gasteiger partial charge < -0.3 is 15.0 Å². The Morgan fingerprint density at radius 2 is 2.00 bits per heavy atom. The van der Waals surface area contributed by atoms with E-state index in [1.165, 1.54) is 12.5 Å². The molecule has 3 rings (SSSR count). The molecule has 6 nitrogen and oxygen atoms in total. The molecule has 3 atom stereocenters. The number of hydrogen-bond acceptors (Lipinski definition) is 4. The molecule has 1 saturated carbocycles. The van der Waals surface area contributed by atoms with Crippen molar-refractivity contribution in [1.29, 1.82) is 0 Å². The van der Waals surface area contributed by atoms with E-state index in [-0.39, 0.29) is 29.7 Å². The van der Waals surface area contributed by atoms with Gasteiger partial charge in [-0.2, -0.15) is 0 Å². The number of aromatic amines is 1. The fraction of sp³-hybridized carbons (Fsp3) is 0.450. The number of pyridine rings is 1. The third kappa shape index (κ3) is 3.95. The largest absolute Gasteiger partial charge is 0.452 e. The van der Waals surface area contributed by atoms with Crippen LogP contribution in [0.1, 0.15) is 43.5 Å². The van der Waals surface area contributed by atoms with Gasteiger partial charge in [0, 0.05) is 23.0 Å². The molecule has 138 valence electrons. The second-order valence-corrected chi connectivity index (χ2v) is 7.11. The summed E-state index contributed by atoms with van der Waals surface area (Å²) >= 11 is 0. The Hall–Kier alpha value is -2.63. The van der Waals surface area contributed by atoms with Crippen LogP contribution in [0.4, 0.5) is 0 Å². The summed E-state index contributed by atoms with van der Waals surface area (Å²) in [7, 11) is 0. The molecular formula is C20H24N2O4. The fourth-order valence-corrected chi connectivity index (χ4v) is 3.62. The second-order valence-electron chi connectivity index (χ2n) is 7.11. The molecule has 1 aromatic carbocycles. The van der Waals surface area contributed by atoms with Gasteiger partial charge in [-0.1, -0.05) is 44.9 Å². The summed E-state index contributed by atoms with van der Waals surface area (Å²) in [4.78, 5) is 38.9. The number of benzene rings is 1. The standard InChI is InChI=1S/C20H24N2O4/c1-12-6-5-9-16(13(12)2)21-19(24)11-26-20(25)15-10-18(23)22-17-8-4-3-7-14(15)17/h3-4,7-8,10,12-13,16H,5-6,9,11H2,1-2H3,(H,21,24)(H,22,23)/t12-,13-,16-/m1/s1. The Kier molecular flexibility index (Phi) is 5.40. The molecule has 0 unspecified atom stereocenters. The average Bonchev–Trinajstić information content (AvgIpc) is 2.62. The van der Waals surface area contributed by atoms with E-state index < -0.39 is 5.97 Å². The molecule has 1 aliphatic rings. The Balaban J connectivity index is 1.64. The van der Waals surface area contributed by atoms with Crippen LogP contribution in [0.3, 0.4) is 0 Å². The number of hydrogen-bond donors (Lipinski definition) is 2. The van der Waals surface area contributed by atoms with E-state index in [2.05, 4.69) is 24.1 Å². The number of carbonyl (C=O) groups is 2. The van der Waals surface area contributed by atoms with Crippen LogP contribution in [0.15, 0.2) is 35.1 Å². The highest BCUT2D eigenvalue weighted by Crippen LogP contribution is 2.29. The molecule has 1 aromatic heterocycles. The summed E-state index contributed by atoms with van der Waals surface area (Å²) in [5.74, 6) is -0.00927. The Morgan fingerprint density at radius 1 is 1.23 bits per heavy atom. The minimum atomic E-state index is -0.674. The summed E-state index contributed by atoms with van der Waals surface area (Å²) in [5, 5.41) is 3.56. The predicted octanol–water partition coefficient (Wildman–Crippen LogP) is 2.63. The molecule has 1 fully saturated rings. The van der Waals surface area contributed by atoms with Crippen molar-refractivity contribution in [1.82, 2.24) is 10.3 Å². The molecule has 1 aliphatic carbocycles. The van der Waals surface area contributed by atoms with Gasteiger partial charge in [0.15, 0.2) is 6.61 Å². The first-order chi connectivity index (χ1) is 12.5. The number of H-pyrrole nitrogens is 1. The molecule has 0 saturated heterocycles. The topological polar surface area (TPSA) is 88.3 Å². The Bertz CT molecular complexity index is 873. The minimum absolute atomic E-state index is 0.116. The number of aromatic nitrogens is 1. The first kappa shape index (κ1) is 18.2. The van der Waals surface area contributed by atoms with Crippen molar-refractivity contribution < 1.29 is 14.3 Å². The molecule has 26 heavy (non-hydrogen) atoms. The van der Waals surface area contributed by atoms with Crippen LogP contribution in [0.2, 0.25) is 0 Å². The van der Waals surface area contributed by atoms with E-state index in [9.17, 15) is 14.4 Å². The third-order valence-corrected chi connectivity index (χ3v) is 5.36. The monoisotopic (exact) mass is 356 g/mol. The minimum Gasteiger partial charge on any atom is -0.452 e. The van der Waals surface area contributed by atoms with E-state index in [1.807, 2.05) is 0 Å². The van der Waals surface area contributed by atoms with Gasteiger partial charge in [-0.3, -0.25) is 9.59 Å². The van der Waals surface area contributed by atoms with Crippen molar-refractivity contribution in [3.05, 3.63) is 46.2 Å². The molecule has 0 bridgehead atoms. The van der Waals surface area contributed by atoms with Crippen molar-refractivity contribution in [3.63, 3.8) is 0 Å². The number of esters is 1. The smallest absolute Gasteiger partial charge is 0.339 e. The van der Waals surface area contributed by atoms with Crippen molar-refractivity contribution >= 4 is 22.8 Å².